The van der Waals surface area contributed by atoms with E-state index >= 15 is 0 Å². The highest BCUT2D eigenvalue weighted by Gasteiger charge is 2.27. The summed E-state index contributed by atoms with van der Waals surface area (Å²) in [6, 6.07) is 11.2. The number of ether oxygens (including phenoxy) is 1. The van der Waals surface area contributed by atoms with Gasteiger partial charge in [-0.15, -0.1) is 0 Å². The van der Waals surface area contributed by atoms with Gasteiger partial charge in [0.1, 0.15) is 6.07 Å². The average molecular weight is 509 g/mol. The van der Waals surface area contributed by atoms with Gasteiger partial charge in [-0.05, 0) is 50.1 Å². The van der Waals surface area contributed by atoms with Crippen LogP contribution < -0.4 is 16.0 Å². The standard InChI is InChI=1S/C27H30F2N6O2/c1-18(32-21-2-4-24(28)25(29)15-21)23(17-31)27(36)33-20-3-5-26(19(14-20)16-30)35-8-6-22(7-9-35)34-10-12-37-13-11-34/h2-5,14-15,17,22H,6-13,31H2,1H3,(H,33,36). The van der Waals surface area contributed by atoms with Gasteiger partial charge in [0, 0.05) is 50.2 Å². The van der Waals surface area contributed by atoms with Crippen LogP contribution in [0.15, 0.2) is 53.2 Å². The third kappa shape index (κ3) is 6.31. The molecule has 2 aromatic carbocycles. The molecule has 2 aromatic rings. The quantitative estimate of drug-likeness (QED) is 0.455. The van der Waals surface area contributed by atoms with Gasteiger partial charge in [0.2, 0.25) is 0 Å². The Morgan fingerprint density at radius 3 is 2.51 bits per heavy atom. The number of nitrogens with one attached hydrogen (secondary N) is 1. The Hall–Kier alpha value is -3.81. The van der Waals surface area contributed by atoms with E-state index in [0.717, 1.165) is 76.3 Å². The molecule has 2 aliphatic heterocycles. The summed E-state index contributed by atoms with van der Waals surface area (Å²) in [4.78, 5) is 21.8. The van der Waals surface area contributed by atoms with E-state index in [1.165, 1.54) is 6.07 Å². The summed E-state index contributed by atoms with van der Waals surface area (Å²) >= 11 is 0. The minimum absolute atomic E-state index is 0.0671. The van der Waals surface area contributed by atoms with Crippen molar-refractivity contribution >= 4 is 28.7 Å². The second-order valence-corrected chi connectivity index (χ2v) is 9.04. The fourth-order valence-electron chi connectivity index (χ4n) is 4.76. The first kappa shape index (κ1) is 26.3. The fraction of sp³-hybridized carbons (Fsp3) is 0.370. The first-order valence-corrected chi connectivity index (χ1v) is 12.2. The molecule has 194 valence electrons. The topological polar surface area (TPSA) is 107 Å². The maximum Gasteiger partial charge on any atom is 0.258 e. The molecule has 2 aliphatic rings. The van der Waals surface area contributed by atoms with Gasteiger partial charge in [-0.2, -0.15) is 5.26 Å². The number of aliphatic imine (C=N–C) groups is 1. The first-order chi connectivity index (χ1) is 17.9. The summed E-state index contributed by atoms with van der Waals surface area (Å²) in [6.07, 6.45) is 3.14. The van der Waals surface area contributed by atoms with E-state index in [-0.39, 0.29) is 17.0 Å². The van der Waals surface area contributed by atoms with Gasteiger partial charge in [-0.1, -0.05) is 0 Å². The van der Waals surface area contributed by atoms with Gasteiger partial charge >= 0.3 is 0 Å². The molecule has 8 nitrogen and oxygen atoms in total. The van der Waals surface area contributed by atoms with Crippen LogP contribution in [0.1, 0.15) is 25.3 Å². The number of carbonyl (C=O) groups is 1. The second-order valence-electron chi connectivity index (χ2n) is 9.04. The number of hydrogen-bond donors (Lipinski definition) is 2. The Morgan fingerprint density at radius 1 is 1.14 bits per heavy atom. The van der Waals surface area contributed by atoms with Crippen LogP contribution in [0.5, 0.6) is 0 Å². The minimum Gasteiger partial charge on any atom is -0.404 e. The van der Waals surface area contributed by atoms with Crippen molar-refractivity contribution in [3.63, 3.8) is 0 Å². The van der Waals surface area contributed by atoms with Gasteiger partial charge in [0.05, 0.1) is 41.4 Å². The number of piperidine rings is 1. The molecule has 0 bridgehead atoms. The lowest BCUT2D eigenvalue weighted by Gasteiger charge is -2.41. The van der Waals surface area contributed by atoms with E-state index in [1.54, 1.807) is 19.1 Å². The molecule has 10 heteroatoms. The zero-order valence-corrected chi connectivity index (χ0v) is 20.7. The van der Waals surface area contributed by atoms with Crippen LogP contribution in [0.2, 0.25) is 0 Å². The average Bonchev–Trinajstić information content (AvgIpc) is 2.91. The Morgan fingerprint density at radius 2 is 1.86 bits per heavy atom. The SMILES string of the molecule is CC(=Nc1ccc(F)c(F)c1)C(=CN)C(=O)Nc1ccc(N2CCC(N3CCOCC3)CC2)c(C#N)c1. The lowest BCUT2D eigenvalue weighted by atomic mass is 10.0. The Kier molecular flexibility index (Phi) is 8.48. The first-order valence-electron chi connectivity index (χ1n) is 12.2. The van der Waals surface area contributed by atoms with Gasteiger partial charge < -0.3 is 20.7 Å². The molecule has 0 aliphatic carbocycles. The van der Waals surface area contributed by atoms with Crippen molar-refractivity contribution in [2.75, 3.05) is 49.6 Å². The van der Waals surface area contributed by atoms with E-state index in [0.29, 0.717) is 17.3 Å². The zero-order chi connectivity index (χ0) is 26.4. The highest BCUT2D eigenvalue weighted by atomic mass is 19.2. The predicted molar refractivity (Wildman–Crippen MR) is 139 cm³/mol. The predicted octanol–water partition coefficient (Wildman–Crippen LogP) is 3.71. The summed E-state index contributed by atoms with van der Waals surface area (Å²) in [5.41, 5.74) is 7.86. The normalized spacial score (nSPS) is 17.9. The number of rotatable bonds is 6. The summed E-state index contributed by atoms with van der Waals surface area (Å²) in [5, 5.41) is 12.5. The largest absolute Gasteiger partial charge is 0.404 e. The fourth-order valence-corrected chi connectivity index (χ4v) is 4.76. The van der Waals surface area contributed by atoms with Crippen molar-refractivity contribution in [1.82, 2.24) is 4.90 Å². The van der Waals surface area contributed by atoms with Crippen LogP contribution in [0.3, 0.4) is 0 Å². The van der Waals surface area contributed by atoms with Crippen molar-refractivity contribution in [2.45, 2.75) is 25.8 Å². The van der Waals surface area contributed by atoms with E-state index in [4.69, 9.17) is 10.5 Å². The van der Waals surface area contributed by atoms with Crippen molar-refractivity contribution in [3.05, 3.63) is 65.4 Å². The number of morpholine rings is 1. The molecule has 0 unspecified atom stereocenters. The van der Waals surface area contributed by atoms with Gasteiger partial charge in [0.15, 0.2) is 11.6 Å². The van der Waals surface area contributed by atoms with Gasteiger partial charge in [0.25, 0.3) is 5.91 Å². The Bertz CT molecular complexity index is 1240. The highest BCUT2D eigenvalue weighted by molar-refractivity contribution is 6.25. The van der Waals surface area contributed by atoms with E-state index in [9.17, 15) is 18.8 Å². The van der Waals surface area contributed by atoms with Crippen molar-refractivity contribution in [3.8, 4) is 6.07 Å². The number of halogens is 2. The van der Waals surface area contributed by atoms with E-state index in [1.807, 2.05) is 6.07 Å². The molecule has 37 heavy (non-hydrogen) atoms. The third-order valence-corrected chi connectivity index (χ3v) is 6.74. The molecule has 1 amide bonds. The maximum atomic E-state index is 13.5. The van der Waals surface area contributed by atoms with Crippen LogP contribution in [-0.2, 0) is 9.53 Å². The lowest BCUT2D eigenvalue weighted by Crippen LogP contribution is -2.49. The number of hydrogen-bond acceptors (Lipinski definition) is 7. The molecule has 3 N–H and O–H groups in total. The van der Waals surface area contributed by atoms with Crippen molar-refractivity contribution < 1.29 is 18.3 Å². The molecule has 2 fully saturated rings. The van der Waals surface area contributed by atoms with Gasteiger partial charge in [-0.3, -0.25) is 14.7 Å². The third-order valence-electron chi connectivity index (χ3n) is 6.74. The smallest absolute Gasteiger partial charge is 0.258 e. The van der Waals surface area contributed by atoms with Crippen LogP contribution in [0.25, 0.3) is 0 Å². The van der Waals surface area contributed by atoms with Crippen LogP contribution >= 0.6 is 0 Å². The molecular formula is C27H30F2N6O2. The number of amides is 1. The number of nitrogens with zero attached hydrogens (tertiary/aromatic N) is 4. The van der Waals surface area contributed by atoms with Crippen molar-refractivity contribution in [2.24, 2.45) is 10.7 Å². The van der Waals surface area contributed by atoms with Crippen LogP contribution in [0.4, 0.5) is 25.8 Å². The number of benzene rings is 2. The molecular weight excluding hydrogens is 478 g/mol. The molecule has 0 radical (unpaired) electrons. The van der Waals surface area contributed by atoms with Crippen molar-refractivity contribution in [1.29, 1.82) is 5.26 Å². The molecule has 0 atom stereocenters. The van der Waals surface area contributed by atoms with Crippen LogP contribution in [0, 0.1) is 23.0 Å². The summed E-state index contributed by atoms with van der Waals surface area (Å²) < 4.78 is 32.1. The molecule has 0 spiro atoms. The van der Waals surface area contributed by atoms with E-state index < -0.39 is 17.5 Å². The number of anilines is 2. The molecule has 0 aromatic heterocycles. The molecule has 4 rings (SSSR count). The lowest BCUT2D eigenvalue weighted by molar-refractivity contribution is -0.112. The minimum atomic E-state index is -1.04. The van der Waals surface area contributed by atoms with E-state index in [2.05, 4.69) is 26.2 Å². The monoisotopic (exact) mass is 508 g/mol. The summed E-state index contributed by atoms with van der Waals surface area (Å²) in [7, 11) is 0. The van der Waals surface area contributed by atoms with Gasteiger partial charge in [-0.25, -0.2) is 8.78 Å². The van der Waals surface area contributed by atoms with Crippen LogP contribution in [-0.4, -0.2) is 62.0 Å². The second kappa shape index (κ2) is 12.0. The number of nitrogens with two attached hydrogens (primary N) is 1. The molecule has 0 saturated carbocycles. The molecule has 2 heterocycles. The zero-order valence-electron chi connectivity index (χ0n) is 20.7. The summed E-state index contributed by atoms with van der Waals surface area (Å²) in [5.74, 6) is -2.55. The summed E-state index contributed by atoms with van der Waals surface area (Å²) in [6.45, 7) is 6.74. The number of carbonyl (C=O) groups excluding carboxylic acids is 1. The molecule has 2 saturated heterocycles. The highest BCUT2D eigenvalue weighted by Crippen LogP contribution is 2.28. The Labute approximate surface area is 215 Å². The Balaban J connectivity index is 1.42. The number of nitriles is 1. The maximum absolute atomic E-state index is 13.5.